The molecule has 0 saturated carbocycles. The van der Waals surface area contributed by atoms with Crippen molar-refractivity contribution in [1.82, 2.24) is 4.31 Å². The van der Waals surface area contributed by atoms with Crippen molar-refractivity contribution in [3.05, 3.63) is 17.7 Å². The fourth-order valence-corrected chi connectivity index (χ4v) is 4.70. The highest BCUT2D eigenvalue weighted by Crippen LogP contribution is 2.35. The van der Waals surface area contributed by atoms with E-state index in [1.807, 2.05) is 13.8 Å². The van der Waals surface area contributed by atoms with Gasteiger partial charge in [0.2, 0.25) is 10.0 Å². The first-order chi connectivity index (χ1) is 9.27. The molecule has 6 heteroatoms. The zero-order valence-corrected chi connectivity index (χ0v) is 13.2. The summed E-state index contributed by atoms with van der Waals surface area (Å²) in [4.78, 5) is 0.157. The van der Waals surface area contributed by atoms with Crippen LogP contribution in [0.15, 0.2) is 17.0 Å². The number of anilines is 1. The van der Waals surface area contributed by atoms with Gasteiger partial charge in [-0.3, -0.25) is 0 Å². The minimum absolute atomic E-state index is 0.00207. The summed E-state index contributed by atoms with van der Waals surface area (Å²) in [5.74, 6) is 0.719. The molecule has 1 aliphatic heterocycles. The van der Waals surface area contributed by atoms with Crippen LogP contribution in [-0.4, -0.2) is 32.4 Å². The van der Waals surface area contributed by atoms with Crippen LogP contribution in [0.5, 0.6) is 5.75 Å². The lowest BCUT2D eigenvalue weighted by Gasteiger charge is -2.22. The Morgan fingerprint density at radius 2 is 2.00 bits per heavy atom. The van der Waals surface area contributed by atoms with Gasteiger partial charge < -0.3 is 10.5 Å². The number of methoxy groups -OCH3 is 1. The van der Waals surface area contributed by atoms with Crippen LogP contribution in [0.2, 0.25) is 0 Å². The van der Waals surface area contributed by atoms with Crippen LogP contribution in [0.4, 0.5) is 5.69 Å². The van der Waals surface area contributed by atoms with Gasteiger partial charge in [0.1, 0.15) is 10.6 Å². The normalized spacial score (nSPS) is 24.0. The van der Waals surface area contributed by atoms with E-state index in [-0.39, 0.29) is 10.9 Å². The van der Waals surface area contributed by atoms with E-state index in [2.05, 4.69) is 6.92 Å². The molecule has 1 aliphatic rings. The molecule has 2 rings (SSSR count). The van der Waals surface area contributed by atoms with Crippen LogP contribution >= 0.6 is 0 Å². The molecule has 2 atom stereocenters. The summed E-state index contributed by atoms with van der Waals surface area (Å²) >= 11 is 0. The van der Waals surface area contributed by atoms with Gasteiger partial charge in [-0.15, -0.1) is 0 Å². The molecule has 2 unspecified atom stereocenters. The van der Waals surface area contributed by atoms with Crippen LogP contribution in [0.1, 0.15) is 25.8 Å². The lowest BCUT2D eigenvalue weighted by Crippen LogP contribution is -2.34. The van der Waals surface area contributed by atoms with E-state index in [9.17, 15) is 8.42 Å². The summed E-state index contributed by atoms with van der Waals surface area (Å²) in [7, 11) is -2.10. The SMILES string of the molecule is COc1cc(C)c(N)cc1S(=O)(=O)N1CC(C)CC1C. The fraction of sp³-hybridized carbons (Fsp3) is 0.571. The highest BCUT2D eigenvalue weighted by molar-refractivity contribution is 7.89. The Hall–Kier alpha value is -1.27. The van der Waals surface area contributed by atoms with E-state index >= 15 is 0 Å². The van der Waals surface area contributed by atoms with Crippen molar-refractivity contribution in [2.24, 2.45) is 5.92 Å². The minimum Gasteiger partial charge on any atom is -0.495 e. The molecule has 0 amide bonds. The second kappa shape index (κ2) is 5.26. The summed E-state index contributed by atoms with van der Waals surface area (Å²) in [6.45, 7) is 6.37. The molecule has 1 fully saturated rings. The first-order valence-corrected chi connectivity index (χ1v) is 8.17. The number of benzene rings is 1. The predicted molar refractivity (Wildman–Crippen MR) is 79.3 cm³/mol. The van der Waals surface area contributed by atoms with Crippen LogP contribution in [0.3, 0.4) is 0 Å². The third-order valence-corrected chi connectivity index (χ3v) is 5.87. The molecule has 5 nitrogen and oxygen atoms in total. The van der Waals surface area contributed by atoms with Crippen LogP contribution in [0.25, 0.3) is 0 Å². The van der Waals surface area contributed by atoms with Crippen molar-refractivity contribution in [2.45, 2.75) is 38.1 Å². The molecule has 0 radical (unpaired) electrons. The van der Waals surface area contributed by atoms with Crippen LogP contribution < -0.4 is 10.5 Å². The molecule has 112 valence electrons. The maximum atomic E-state index is 12.8. The van der Waals surface area contributed by atoms with E-state index in [0.29, 0.717) is 23.9 Å². The smallest absolute Gasteiger partial charge is 0.247 e. The number of sulfonamides is 1. The van der Waals surface area contributed by atoms with Gasteiger partial charge in [-0.05, 0) is 43.9 Å². The second-order valence-electron chi connectivity index (χ2n) is 5.62. The van der Waals surface area contributed by atoms with Crippen molar-refractivity contribution in [2.75, 3.05) is 19.4 Å². The van der Waals surface area contributed by atoms with Crippen molar-refractivity contribution in [1.29, 1.82) is 0 Å². The van der Waals surface area contributed by atoms with Crippen LogP contribution in [-0.2, 0) is 10.0 Å². The predicted octanol–water partition coefficient (Wildman–Crippen LogP) is 2.00. The van der Waals surface area contributed by atoms with Crippen molar-refractivity contribution in [3.63, 3.8) is 0 Å². The molecule has 20 heavy (non-hydrogen) atoms. The minimum atomic E-state index is -3.57. The topological polar surface area (TPSA) is 72.6 Å². The second-order valence-corrected chi connectivity index (χ2v) is 7.48. The molecular weight excluding hydrogens is 276 g/mol. The lowest BCUT2D eigenvalue weighted by molar-refractivity contribution is 0.385. The Kier molecular flexibility index (Phi) is 3.97. The zero-order chi connectivity index (χ0) is 15.1. The van der Waals surface area contributed by atoms with E-state index in [4.69, 9.17) is 10.5 Å². The summed E-state index contributed by atoms with van der Waals surface area (Å²) in [5.41, 5.74) is 7.13. The Morgan fingerprint density at radius 1 is 1.35 bits per heavy atom. The summed E-state index contributed by atoms with van der Waals surface area (Å²) in [5, 5.41) is 0. The molecule has 0 spiro atoms. The first kappa shape index (κ1) is 15.1. The summed E-state index contributed by atoms with van der Waals surface area (Å²) in [6, 6.07) is 3.17. The Balaban J connectivity index is 2.52. The molecule has 0 aliphatic carbocycles. The van der Waals surface area contributed by atoms with Gasteiger partial charge in [0.05, 0.1) is 7.11 Å². The molecule has 0 bridgehead atoms. The maximum Gasteiger partial charge on any atom is 0.247 e. The molecule has 1 aromatic carbocycles. The maximum absolute atomic E-state index is 12.8. The molecule has 1 aromatic rings. The monoisotopic (exact) mass is 298 g/mol. The zero-order valence-electron chi connectivity index (χ0n) is 12.4. The van der Waals surface area contributed by atoms with Gasteiger partial charge in [0.25, 0.3) is 0 Å². The quantitative estimate of drug-likeness (QED) is 0.866. The van der Waals surface area contributed by atoms with Crippen molar-refractivity contribution in [3.8, 4) is 5.75 Å². The van der Waals surface area contributed by atoms with Gasteiger partial charge in [0.15, 0.2) is 0 Å². The lowest BCUT2D eigenvalue weighted by atomic mass is 10.1. The van der Waals surface area contributed by atoms with E-state index in [1.165, 1.54) is 13.2 Å². The third-order valence-electron chi connectivity index (χ3n) is 3.87. The first-order valence-electron chi connectivity index (χ1n) is 6.73. The van der Waals surface area contributed by atoms with Crippen molar-refractivity contribution >= 4 is 15.7 Å². The van der Waals surface area contributed by atoms with Gasteiger partial charge in [-0.1, -0.05) is 6.92 Å². The Morgan fingerprint density at radius 3 is 2.50 bits per heavy atom. The highest BCUT2D eigenvalue weighted by Gasteiger charge is 2.37. The number of ether oxygens (including phenoxy) is 1. The number of hydrogen-bond donors (Lipinski definition) is 1. The molecule has 0 aromatic heterocycles. The third kappa shape index (κ3) is 2.50. The number of nitrogens with two attached hydrogens (primary N) is 1. The van der Waals surface area contributed by atoms with E-state index < -0.39 is 10.0 Å². The van der Waals surface area contributed by atoms with Gasteiger partial charge >= 0.3 is 0 Å². The number of aryl methyl sites for hydroxylation is 1. The fourth-order valence-electron chi connectivity index (χ4n) is 2.76. The van der Waals surface area contributed by atoms with Gasteiger partial charge in [-0.25, -0.2) is 8.42 Å². The standard InChI is InChI=1S/C14H22N2O3S/c1-9-5-11(3)16(8-9)20(17,18)14-7-12(15)10(2)6-13(14)19-4/h6-7,9,11H,5,8,15H2,1-4H3. The Bertz CT molecular complexity index is 613. The van der Waals surface area contributed by atoms with Gasteiger partial charge in [0, 0.05) is 18.3 Å². The molecular formula is C14H22N2O3S. The number of hydrogen-bond acceptors (Lipinski definition) is 4. The van der Waals surface area contributed by atoms with Crippen molar-refractivity contribution < 1.29 is 13.2 Å². The van der Waals surface area contributed by atoms with Crippen LogP contribution in [0, 0.1) is 12.8 Å². The average Bonchev–Trinajstić information content (AvgIpc) is 2.71. The number of rotatable bonds is 3. The molecule has 1 heterocycles. The van der Waals surface area contributed by atoms with Gasteiger partial charge in [-0.2, -0.15) is 4.31 Å². The highest BCUT2D eigenvalue weighted by atomic mass is 32.2. The largest absolute Gasteiger partial charge is 0.495 e. The molecule has 1 saturated heterocycles. The molecule has 2 N–H and O–H groups in total. The number of nitrogen functional groups attached to an aromatic ring is 1. The summed E-state index contributed by atoms with van der Waals surface area (Å²) < 4.78 is 32.4. The average molecular weight is 298 g/mol. The summed E-state index contributed by atoms with van der Waals surface area (Å²) in [6.07, 6.45) is 0.878. The van der Waals surface area contributed by atoms with E-state index in [1.54, 1.807) is 10.4 Å². The number of nitrogens with zero attached hydrogens (tertiary/aromatic N) is 1. The Labute approximate surface area is 120 Å². The van der Waals surface area contributed by atoms with E-state index in [0.717, 1.165) is 12.0 Å².